The Morgan fingerprint density at radius 3 is 1.23 bits per heavy atom. The largest absolute Gasteiger partial charge is 0.417 e. The van der Waals surface area contributed by atoms with Crippen LogP contribution in [0.3, 0.4) is 0 Å². The first-order valence-electron chi connectivity index (χ1n) is 4.85. The Bertz CT molecular complexity index is 502. The van der Waals surface area contributed by atoms with Crippen LogP contribution in [0.1, 0.15) is 22.3 Å². The van der Waals surface area contributed by atoms with Crippen molar-refractivity contribution in [3.05, 3.63) is 34.4 Å². The van der Waals surface area contributed by atoms with E-state index >= 15 is 0 Å². The lowest BCUT2D eigenvalue weighted by Gasteiger charge is -2.23. The van der Waals surface area contributed by atoms with Gasteiger partial charge in [-0.15, -0.1) is 0 Å². The number of halogens is 12. The van der Waals surface area contributed by atoms with E-state index in [1.54, 1.807) is 0 Å². The zero-order chi connectivity index (χ0) is 17.7. The molecule has 0 aliphatic heterocycles. The molecule has 0 spiro atoms. The Balaban J connectivity index is 4.02. The molecule has 125 valence electrons. The highest BCUT2D eigenvalue weighted by atomic mass is 19.4. The first kappa shape index (κ1) is 18.4. The van der Waals surface area contributed by atoms with E-state index in [1.807, 2.05) is 0 Å². The van der Waals surface area contributed by atoms with Crippen molar-refractivity contribution in [2.75, 3.05) is 0 Å². The molecule has 1 aromatic carbocycles. The molecule has 0 saturated carbocycles. The summed E-state index contributed by atoms with van der Waals surface area (Å²) in [5.74, 6) is 0. The van der Waals surface area contributed by atoms with Crippen LogP contribution in [0.2, 0.25) is 0 Å². The van der Waals surface area contributed by atoms with E-state index in [4.69, 9.17) is 0 Å². The molecule has 1 aromatic rings. The molecule has 1 radical (unpaired) electrons. The second-order valence-electron chi connectivity index (χ2n) is 3.82. The fourth-order valence-electron chi connectivity index (χ4n) is 1.57. The zero-order valence-corrected chi connectivity index (χ0v) is 9.61. The molecule has 0 fully saturated rings. The molecule has 0 amide bonds. The van der Waals surface area contributed by atoms with Gasteiger partial charge in [-0.05, 0) is 12.1 Å². The SMILES string of the molecule is FC(F)(F)c1[c]cc(C(F)(F)F)c(C(F)(F)F)c1C(F)(F)F. The van der Waals surface area contributed by atoms with Crippen molar-refractivity contribution < 1.29 is 52.7 Å². The van der Waals surface area contributed by atoms with Crippen molar-refractivity contribution in [3.8, 4) is 0 Å². The highest BCUT2D eigenvalue weighted by Crippen LogP contribution is 2.50. The van der Waals surface area contributed by atoms with Gasteiger partial charge in [-0.1, -0.05) is 0 Å². The van der Waals surface area contributed by atoms with E-state index in [0.717, 1.165) is 0 Å². The van der Waals surface area contributed by atoms with Crippen LogP contribution in [0, 0.1) is 6.07 Å². The van der Waals surface area contributed by atoms with Crippen molar-refractivity contribution in [2.45, 2.75) is 24.7 Å². The zero-order valence-electron chi connectivity index (χ0n) is 9.61. The van der Waals surface area contributed by atoms with Crippen molar-refractivity contribution in [2.24, 2.45) is 0 Å². The van der Waals surface area contributed by atoms with Gasteiger partial charge in [-0.25, -0.2) is 0 Å². The summed E-state index contributed by atoms with van der Waals surface area (Å²) in [6, 6.07) is -0.199. The molecule has 0 atom stereocenters. The number of benzene rings is 1. The van der Waals surface area contributed by atoms with Crippen LogP contribution in [0.5, 0.6) is 0 Å². The van der Waals surface area contributed by atoms with Gasteiger partial charge < -0.3 is 0 Å². The van der Waals surface area contributed by atoms with Gasteiger partial charge >= 0.3 is 24.7 Å². The van der Waals surface area contributed by atoms with Crippen molar-refractivity contribution >= 4 is 0 Å². The Hall–Kier alpha value is -1.62. The van der Waals surface area contributed by atoms with Gasteiger partial charge in [-0.3, -0.25) is 0 Å². The highest BCUT2D eigenvalue weighted by molar-refractivity contribution is 5.46. The summed E-state index contributed by atoms with van der Waals surface area (Å²) in [6.45, 7) is 0. The molecule has 0 aromatic heterocycles. The van der Waals surface area contributed by atoms with E-state index in [-0.39, 0.29) is 0 Å². The maximum Gasteiger partial charge on any atom is 0.417 e. The highest BCUT2D eigenvalue weighted by Gasteiger charge is 2.54. The third kappa shape index (κ3) is 3.58. The molecule has 0 heterocycles. The minimum absolute atomic E-state index is 0.606. The minimum atomic E-state index is -6.33. The first-order valence-corrected chi connectivity index (χ1v) is 4.85. The van der Waals surface area contributed by atoms with E-state index in [1.165, 1.54) is 0 Å². The van der Waals surface area contributed by atoms with E-state index < -0.39 is 53.0 Å². The van der Waals surface area contributed by atoms with Crippen LogP contribution >= 0.6 is 0 Å². The van der Waals surface area contributed by atoms with Crippen LogP contribution in [0.4, 0.5) is 52.7 Å². The Morgan fingerprint density at radius 1 is 0.545 bits per heavy atom. The van der Waals surface area contributed by atoms with Gasteiger partial charge in [0.15, 0.2) is 0 Å². The van der Waals surface area contributed by atoms with E-state index in [2.05, 4.69) is 0 Å². The van der Waals surface area contributed by atoms with Gasteiger partial charge in [0.25, 0.3) is 0 Å². The summed E-state index contributed by atoms with van der Waals surface area (Å²) in [7, 11) is 0. The first-order chi connectivity index (χ1) is 9.47. The Morgan fingerprint density at radius 2 is 0.955 bits per heavy atom. The van der Waals surface area contributed by atoms with Crippen molar-refractivity contribution in [3.63, 3.8) is 0 Å². The summed E-state index contributed by atoms with van der Waals surface area (Å²) in [5.41, 5.74) is -12.8. The smallest absolute Gasteiger partial charge is 0.166 e. The van der Waals surface area contributed by atoms with Crippen molar-refractivity contribution in [1.82, 2.24) is 0 Å². The summed E-state index contributed by atoms with van der Waals surface area (Å²) in [4.78, 5) is 0. The quantitative estimate of drug-likeness (QED) is 0.538. The predicted octanol–water partition coefficient (Wildman–Crippen LogP) is 5.56. The summed E-state index contributed by atoms with van der Waals surface area (Å²) in [5, 5.41) is 0. The third-order valence-electron chi connectivity index (χ3n) is 2.29. The molecular weight excluding hydrogens is 348 g/mol. The molecule has 0 nitrogen and oxygen atoms in total. The average molecular weight is 349 g/mol. The lowest BCUT2D eigenvalue weighted by Crippen LogP contribution is -2.27. The summed E-state index contributed by atoms with van der Waals surface area (Å²) >= 11 is 0. The normalized spacial score (nSPS) is 14.4. The lowest BCUT2D eigenvalue weighted by atomic mass is 9.94. The topological polar surface area (TPSA) is 0 Å². The van der Waals surface area contributed by atoms with Crippen LogP contribution in [-0.4, -0.2) is 0 Å². The van der Waals surface area contributed by atoms with Gasteiger partial charge in [0.1, 0.15) is 0 Å². The second kappa shape index (κ2) is 4.95. The van der Waals surface area contributed by atoms with Crippen LogP contribution in [0.15, 0.2) is 6.07 Å². The lowest BCUT2D eigenvalue weighted by molar-refractivity contribution is -0.182. The monoisotopic (exact) mass is 349 g/mol. The minimum Gasteiger partial charge on any atom is -0.166 e. The van der Waals surface area contributed by atoms with E-state index in [9.17, 15) is 52.7 Å². The van der Waals surface area contributed by atoms with E-state index in [0.29, 0.717) is 6.07 Å². The number of rotatable bonds is 0. The molecule has 0 N–H and O–H groups in total. The molecule has 0 unspecified atom stereocenters. The Kier molecular flexibility index (Phi) is 4.14. The molecular formula is C10HF12. The standard InChI is InChI=1S/C10HF12/c11-7(12,13)3-1-2-4(8(14,15)16)6(10(20,21)22)5(3)9(17,18)19/h1H. The predicted molar refractivity (Wildman–Crippen MR) is 45.3 cm³/mol. The fraction of sp³-hybridized carbons (Fsp3) is 0.400. The van der Waals surface area contributed by atoms with Crippen LogP contribution in [-0.2, 0) is 24.7 Å². The maximum atomic E-state index is 12.6. The van der Waals surface area contributed by atoms with Crippen LogP contribution < -0.4 is 0 Å². The molecule has 12 heteroatoms. The fourth-order valence-corrected chi connectivity index (χ4v) is 1.57. The second-order valence-corrected chi connectivity index (χ2v) is 3.82. The summed E-state index contributed by atoms with van der Waals surface area (Å²) in [6.07, 6.45) is -24.6. The van der Waals surface area contributed by atoms with Gasteiger partial charge in [0.2, 0.25) is 0 Å². The number of hydrogen-bond acceptors (Lipinski definition) is 0. The molecule has 0 bridgehead atoms. The number of alkyl halides is 12. The van der Waals surface area contributed by atoms with Gasteiger partial charge in [-0.2, -0.15) is 52.7 Å². The molecule has 22 heavy (non-hydrogen) atoms. The van der Waals surface area contributed by atoms with Crippen LogP contribution in [0.25, 0.3) is 0 Å². The third-order valence-corrected chi connectivity index (χ3v) is 2.29. The van der Waals surface area contributed by atoms with Crippen molar-refractivity contribution in [1.29, 1.82) is 0 Å². The van der Waals surface area contributed by atoms with Gasteiger partial charge in [0.05, 0.1) is 22.3 Å². The maximum absolute atomic E-state index is 12.6. The Labute approximate surface area is 113 Å². The molecule has 0 aliphatic carbocycles. The number of hydrogen-bond donors (Lipinski definition) is 0. The molecule has 1 rings (SSSR count). The molecule has 0 saturated heterocycles. The molecule has 0 aliphatic rings. The van der Waals surface area contributed by atoms with Gasteiger partial charge in [0, 0.05) is 0 Å². The summed E-state index contributed by atoms with van der Waals surface area (Å²) < 4.78 is 150. The average Bonchev–Trinajstić information content (AvgIpc) is 2.22.